The third-order valence-corrected chi connectivity index (χ3v) is 6.80. The van der Waals surface area contributed by atoms with Crippen LogP contribution in [0.5, 0.6) is 0 Å². The summed E-state index contributed by atoms with van der Waals surface area (Å²) in [6, 6.07) is 5.95. The van der Waals surface area contributed by atoms with Crippen molar-refractivity contribution in [3.8, 4) is 0 Å². The molecular formula is C20H28N2O. The molecule has 4 saturated carbocycles. The number of carbonyl (C=O) groups excluding carboxylic acids is 1. The van der Waals surface area contributed by atoms with Gasteiger partial charge >= 0.3 is 0 Å². The van der Waals surface area contributed by atoms with Gasteiger partial charge in [-0.05, 0) is 73.8 Å². The van der Waals surface area contributed by atoms with Gasteiger partial charge < -0.3 is 5.32 Å². The van der Waals surface area contributed by atoms with E-state index in [9.17, 15) is 4.79 Å². The molecule has 1 amide bonds. The topological polar surface area (TPSA) is 42.0 Å². The van der Waals surface area contributed by atoms with E-state index in [2.05, 4.69) is 17.2 Å². The number of hydrogen-bond acceptors (Lipinski definition) is 2. The lowest BCUT2D eigenvalue weighted by molar-refractivity contribution is -0.139. The van der Waals surface area contributed by atoms with Gasteiger partial charge in [-0.25, -0.2) is 0 Å². The Balaban J connectivity index is 1.35. The van der Waals surface area contributed by atoms with Gasteiger partial charge in [-0.15, -0.1) is 0 Å². The highest BCUT2D eigenvalue weighted by atomic mass is 16.1. The van der Waals surface area contributed by atoms with Gasteiger partial charge in [-0.3, -0.25) is 9.78 Å². The molecule has 0 spiro atoms. The van der Waals surface area contributed by atoms with Gasteiger partial charge in [0.15, 0.2) is 0 Å². The maximum Gasteiger partial charge on any atom is 0.223 e. The number of nitrogens with zero attached hydrogens (tertiary/aromatic N) is 1. The predicted octanol–water partition coefficient (Wildman–Crippen LogP) is 3.59. The van der Waals surface area contributed by atoms with Crippen molar-refractivity contribution in [1.82, 2.24) is 10.3 Å². The van der Waals surface area contributed by atoms with E-state index in [4.69, 9.17) is 0 Å². The smallest absolute Gasteiger partial charge is 0.223 e. The summed E-state index contributed by atoms with van der Waals surface area (Å²) < 4.78 is 0. The minimum Gasteiger partial charge on any atom is -0.355 e. The normalized spacial score (nSPS) is 36.0. The zero-order valence-corrected chi connectivity index (χ0v) is 14.1. The van der Waals surface area contributed by atoms with Gasteiger partial charge in [-0.2, -0.15) is 0 Å². The zero-order chi connectivity index (χ0) is 15.9. The Kier molecular flexibility index (Phi) is 3.90. The minimum atomic E-state index is 0.166. The first-order valence-electron chi connectivity index (χ1n) is 9.32. The van der Waals surface area contributed by atoms with Gasteiger partial charge in [0.1, 0.15) is 0 Å². The zero-order valence-electron chi connectivity index (χ0n) is 14.1. The number of pyridine rings is 1. The molecule has 4 bridgehead atoms. The number of aromatic nitrogens is 1. The molecule has 4 fully saturated rings. The van der Waals surface area contributed by atoms with Crippen LogP contribution in [0.4, 0.5) is 0 Å². The number of nitrogens with one attached hydrogen (secondary N) is 1. The summed E-state index contributed by atoms with van der Waals surface area (Å²) in [6.45, 7) is 2.88. The second-order valence-electron chi connectivity index (χ2n) is 8.36. The Morgan fingerprint density at radius 3 is 2.43 bits per heavy atom. The molecule has 3 heteroatoms. The highest BCUT2D eigenvalue weighted by molar-refractivity contribution is 5.79. The molecule has 3 nitrogen and oxygen atoms in total. The molecule has 1 aromatic rings. The van der Waals surface area contributed by atoms with Gasteiger partial charge in [0.05, 0.1) is 0 Å². The number of amides is 1. The van der Waals surface area contributed by atoms with Crippen molar-refractivity contribution < 1.29 is 4.79 Å². The van der Waals surface area contributed by atoms with Gasteiger partial charge in [0.25, 0.3) is 0 Å². The maximum absolute atomic E-state index is 12.7. The number of carbonyl (C=O) groups is 1. The van der Waals surface area contributed by atoms with Crippen LogP contribution in [0.15, 0.2) is 24.4 Å². The van der Waals surface area contributed by atoms with Crippen molar-refractivity contribution in [2.75, 3.05) is 6.54 Å². The highest BCUT2D eigenvalue weighted by Gasteiger charge is 2.54. The SMILES string of the molecule is CC(C(=O)NCCc1ccccn1)C12CC3CC(CC(C3)C1)C2. The predicted molar refractivity (Wildman–Crippen MR) is 90.7 cm³/mol. The summed E-state index contributed by atoms with van der Waals surface area (Å²) in [4.78, 5) is 17.0. The first-order chi connectivity index (χ1) is 11.1. The Bertz CT molecular complexity index is 533. The minimum absolute atomic E-state index is 0.166. The van der Waals surface area contributed by atoms with E-state index >= 15 is 0 Å². The van der Waals surface area contributed by atoms with Crippen LogP contribution in [-0.2, 0) is 11.2 Å². The highest BCUT2D eigenvalue weighted by Crippen LogP contribution is 2.62. The third-order valence-electron chi connectivity index (χ3n) is 6.80. The van der Waals surface area contributed by atoms with Crippen molar-refractivity contribution in [1.29, 1.82) is 0 Å². The van der Waals surface area contributed by atoms with Crippen molar-refractivity contribution in [3.05, 3.63) is 30.1 Å². The van der Waals surface area contributed by atoms with E-state index in [1.165, 1.54) is 38.5 Å². The fourth-order valence-electron chi connectivity index (χ4n) is 6.00. The standard InChI is InChI=1S/C20H28N2O/c1-14(19(23)22-7-5-18-4-2-3-6-21-18)20-11-15-8-16(12-20)10-17(9-15)13-20/h2-4,6,14-17H,5,7-13H2,1H3,(H,22,23). The first kappa shape index (κ1) is 15.2. The molecule has 1 aromatic heterocycles. The summed E-state index contributed by atoms with van der Waals surface area (Å²) in [6.07, 6.45) is 10.8. The molecule has 0 aliphatic heterocycles. The van der Waals surface area contributed by atoms with Gasteiger partial charge in [-0.1, -0.05) is 13.0 Å². The second kappa shape index (κ2) is 5.92. The fourth-order valence-corrected chi connectivity index (χ4v) is 6.00. The monoisotopic (exact) mass is 312 g/mol. The molecule has 1 N–H and O–H groups in total. The Morgan fingerprint density at radius 2 is 1.87 bits per heavy atom. The Hall–Kier alpha value is -1.38. The summed E-state index contributed by atoms with van der Waals surface area (Å²) in [7, 11) is 0. The summed E-state index contributed by atoms with van der Waals surface area (Å²) >= 11 is 0. The van der Waals surface area contributed by atoms with Crippen LogP contribution in [0, 0.1) is 29.1 Å². The molecule has 5 rings (SSSR count). The van der Waals surface area contributed by atoms with Crippen molar-refractivity contribution >= 4 is 5.91 Å². The van der Waals surface area contributed by atoms with Crippen LogP contribution in [0.1, 0.15) is 51.1 Å². The van der Waals surface area contributed by atoms with E-state index in [0.717, 1.165) is 29.9 Å². The molecule has 1 unspecified atom stereocenters. The third kappa shape index (κ3) is 2.90. The largest absolute Gasteiger partial charge is 0.355 e. The van der Waals surface area contributed by atoms with Crippen molar-refractivity contribution in [2.45, 2.75) is 51.9 Å². The lowest BCUT2D eigenvalue weighted by atomic mass is 9.46. The summed E-state index contributed by atoms with van der Waals surface area (Å²) in [5.74, 6) is 3.16. The number of hydrogen-bond donors (Lipinski definition) is 1. The van der Waals surface area contributed by atoms with Gasteiger partial charge in [0, 0.05) is 30.8 Å². The molecule has 124 valence electrons. The lowest BCUT2D eigenvalue weighted by Crippen LogP contribution is -2.52. The molecule has 4 aliphatic rings. The van der Waals surface area contributed by atoms with Gasteiger partial charge in [0.2, 0.25) is 5.91 Å². The number of rotatable bonds is 5. The first-order valence-corrected chi connectivity index (χ1v) is 9.32. The Labute approximate surface area is 139 Å². The van der Waals surface area contributed by atoms with Crippen molar-refractivity contribution in [2.24, 2.45) is 29.1 Å². The quantitative estimate of drug-likeness (QED) is 0.902. The van der Waals surface area contributed by atoms with Crippen LogP contribution in [0.2, 0.25) is 0 Å². The molecule has 0 saturated heterocycles. The van der Waals surface area contributed by atoms with Crippen LogP contribution in [0.3, 0.4) is 0 Å². The van der Waals surface area contributed by atoms with E-state index in [-0.39, 0.29) is 11.8 Å². The van der Waals surface area contributed by atoms with Crippen molar-refractivity contribution in [3.63, 3.8) is 0 Å². The van der Waals surface area contributed by atoms with Crippen LogP contribution in [-0.4, -0.2) is 17.4 Å². The van der Waals surface area contributed by atoms with E-state index in [1.54, 1.807) is 0 Å². The summed E-state index contributed by atoms with van der Waals surface area (Å²) in [5.41, 5.74) is 1.36. The summed E-state index contributed by atoms with van der Waals surface area (Å²) in [5, 5.41) is 3.18. The Morgan fingerprint density at radius 1 is 1.22 bits per heavy atom. The lowest BCUT2D eigenvalue weighted by Gasteiger charge is -2.58. The molecule has 0 aromatic carbocycles. The van der Waals surface area contributed by atoms with Crippen LogP contribution >= 0.6 is 0 Å². The fraction of sp³-hybridized carbons (Fsp3) is 0.700. The van der Waals surface area contributed by atoms with Crippen LogP contribution < -0.4 is 5.32 Å². The molecule has 23 heavy (non-hydrogen) atoms. The van der Waals surface area contributed by atoms with Crippen LogP contribution in [0.25, 0.3) is 0 Å². The molecule has 4 aliphatic carbocycles. The average Bonchev–Trinajstić information content (AvgIpc) is 2.54. The van der Waals surface area contributed by atoms with E-state index in [1.807, 2.05) is 24.4 Å². The molecule has 1 atom stereocenters. The molecule has 0 radical (unpaired) electrons. The van der Waals surface area contributed by atoms with E-state index < -0.39 is 0 Å². The maximum atomic E-state index is 12.7. The molecular weight excluding hydrogens is 284 g/mol. The molecule has 1 heterocycles. The van der Waals surface area contributed by atoms with E-state index in [0.29, 0.717) is 12.0 Å². The average molecular weight is 312 g/mol. The second-order valence-corrected chi connectivity index (χ2v) is 8.36.